The Balaban J connectivity index is 2.03. The van der Waals surface area contributed by atoms with Crippen LogP contribution in [0.4, 0.5) is 0 Å². The second kappa shape index (κ2) is 7.11. The number of hydrogen-bond donors (Lipinski definition) is 1. The van der Waals surface area contributed by atoms with Gasteiger partial charge in [0.2, 0.25) is 0 Å². The summed E-state index contributed by atoms with van der Waals surface area (Å²) in [6.07, 6.45) is 2.66. The molecule has 1 aromatic carbocycles. The minimum atomic E-state index is 0.651. The number of hydrogen-bond acceptors (Lipinski definition) is 2. The van der Waals surface area contributed by atoms with Crippen molar-refractivity contribution >= 4 is 0 Å². The first-order valence-electron chi connectivity index (χ1n) is 5.05. The summed E-state index contributed by atoms with van der Waals surface area (Å²) in [7, 11) is 0. The van der Waals surface area contributed by atoms with Crippen LogP contribution in [0, 0.1) is 11.3 Å². The number of nitriles is 1. The molecule has 2 nitrogen and oxygen atoms in total. The first kappa shape index (κ1) is 10.7. The first-order chi connectivity index (χ1) is 6.93. The highest BCUT2D eigenvalue weighted by atomic mass is 14.8. The van der Waals surface area contributed by atoms with Gasteiger partial charge >= 0.3 is 0 Å². The van der Waals surface area contributed by atoms with Crippen LogP contribution in [-0.4, -0.2) is 13.1 Å². The third-order valence-corrected chi connectivity index (χ3v) is 2.08. The van der Waals surface area contributed by atoms with Gasteiger partial charge in [-0.3, -0.25) is 0 Å². The van der Waals surface area contributed by atoms with Crippen LogP contribution < -0.4 is 5.32 Å². The number of nitrogens with zero attached hydrogens (tertiary/aromatic N) is 1. The van der Waals surface area contributed by atoms with E-state index in [4.69, 9.17) is 5.26 Å². The van der Waals surface area contributed by atoms with Crippen molar-refractivity contribution < 1.29 is 0 Å². The molecule has 1 N–H and O–H groups in total. The summed E-state index contributed by atoms with van der Waals surface area (Å²) in [4.78, 5) is 0. The number of nitrogens with one attached hydrogen (secondary N) is 1. The van der Waals surface area contributed by atoms with Gasteiger partial charge in [0.05, 0.1) is 6.07 Å². The average Bonchev–Trinajstić information content (AvgIpc) is 2.25. The minimum absolute atomic E-state index is 0.651. The fourth-order valence-corrected chi connectivity index (χ4v) is 1.29. The lowest BCUT2D eigenvalue weighted by Gasteiger charge is -2.02. The standard InChI is InChI=1S/C12H16N2/c13-9-4-5-10-14-11-8-12-6-2-1-3-7-12/h1-3,6-7,14H,4-5,8,10-11H2. The van der Waals surface area contributed by atoms with Crippen molar-refractivity contribution in [2.45, 2.75) is 19.3 Å². The molecule has 1 aromatic rings. The molecule has 0 bridgehead atoms. The summed E-state index contributed by atoms with van der Waals surface area (Å²) >= 11 is 0. The van der Waals surface area contributed by atoms with Crippen LogP contribution in [-0.2, 0) is 6.42 Å². The molecule has 0 unspecified atom stereocenters. The van der Waals surface area contributed by atoms with Gasteiger partial charge in [0.15, 0.2) is 0 Å². The largest absolute Gasteiger partial charge is 0.316 e. The fraction of sp³-hybridized carbons (Fsp3) is 0.417. The zero-order valence-electron chi connectivity index (χ0n) is 8.37. The molecule has 0 fully saturated rings. The van der Waals surface area contributed by atoms with Crippen LogP contribution in [0.25, 0.3) is 0 Å². The summed E-state index contributed by atoms with van der Waals surface area (Å²) in [5.74, 6) is 0. The van der Waals surface area contributed by atoms with E-state index >= 15 is 0 Å². The van der Waals surface area contributed by atoms with Gasteiger partial charge in [-0.15, -0.1) is 0 Å². The summed E-state index contributed by atoms with van der Waals surface area (Å²) < 4.78 is 0. The molecular formula is C12H16N2. The van der Waals surface area contributed by atoms with E-state index in [0.717, 1.165) is 25.9 Å². The number of unbranched alkanes of at least 4 members (excludes halogenated alkanes) is 1. The van der Waals surface area contributed by atoms with Crippen molar-refractivity contribution in [2.75, 3.05) is 13.1 Å². The highest BCUT2D eigenvalue weighted by molar-refractivity contribution is 5.14. The van der Waals surface area contributed by atoms with Crippen LogP contribution in [0.1, 0.15) is 18.4 Å². The Morgan fingerprint density at radius 2 is 1.93 bits per heavy atom. The number of rotatable bonds is 6. The zero-order valence-corrected chi connectivity index (χ0v) is 8.37. The molecule has 0 amide bonds. The molecule has 0 atom stereocenters. The van der Waals surface area contributed by atoms with Crippen molar-refractivity contribution in [3.05, 3.63) is 35.9 Å². The average molecular weight is 188 g/mol. The predicted molar refractivity (Wildman–Crippen MR) is 57.9 cm³/mol. The van der Waals surface area contributed by atoms with Gasteiger partial charge in [-0.1, -0.05) is 30.3 Å². The van der Waals surface area contributed by atoms with Crippen LogP contribution >= 0.6 is 0 Å². The van der Waals surface area contributed by atoms with E-state index in [1.165, 1.54) is 5.56 Å². The van der Waals surface area contributed by atoms with Crippen molar-refractivity contribution in [2.24, 2.45) is 0 Å². The van der Waals surface area contributed by atoms with Gasteiger partial charge in [0.1, 0.15) is 0 Å². The molecule has 0 radical (unpaired) electrons. The summed E-state index contributed by atoms with van der Waals surface area (Å²) in [5.41, 5.74) is 1.36. The molecule has 74 valence electrons. The predicted octanol–water partition coefficient (Wildman–Crippen LogP) is 2.12. The Hall–Kier alpha value is -1.33. The SMILES string of the molecule is N#CCCCNCCc1ccccc1. The van der Waals surface area contributed by atoms with E-state index in [0.29, 0.717) is 6.42 Å². The van der Waals surface area contributed by atoms with Gasteiger partial charge in [0.25, 0.3) is 0 Å². The maximum absolute atomic E-state index is 8.32. The number of benzene rings is 1. The van der Waals surface area contributed by atoms with Gasteiger partial charge < -0.3 is 5.32 Å². The van der Waals surface area contributed by atoms with Crippen molar-refractivity contribution in [3.63, 3.8) is 0 Å². The molecule has 0 spiro atoms. The Kier molecular flexibility index (Phi) is 5.46. The second-order valence-corrected chi connectivity index (χ2v) is 3.25. The molecule has 2 heteroatoms. The minimum Gasteiger partial charge on any atom is -0.316 e. The van der Waals surface area contributed by atoms with Gasteiger partial charge in [0, 0.05) is 6.42 Å². The molecule has 0 saturated carbocycles. The van der Waals surface area contributed by atoms with E-state index < -0.39 is 0 Å². The molecular weight excluding hydrogens is 172 g/mol. The first-order valence-corrected chi connectivity index (χ1v) is 5.05. The lowest BCUT2D eigenvalue weighted by Crippen LogP contribution is -2.18. The third-order valence-electron chi connectivity index (χ3n) is 2.08. The van der Waals surface area contributed by atoms with Crippen LogP contribution in [0.5, 0.6) is 0 Å². The Morgan fingerprint density at radius 1 is 1.14 bits per heavy atom. The van der Waals surface area contributed by atoms with Crippen molar-refractivity contribution in [1.82, 2.24) is 5.32 Å². The topological polar surface area (TPSA) is 35.8 Å². The molecule has 14 heavy (non-hydrogen) atoms. The van der Waals surface area contributed by atoms with E-state index in [1.807, 2.05) is 6.07 Å². The smallest absolute Gasteiger partial charge is 0.0622 e. The normalized spacial score (nSPS) is 9.64. The van der Waals surface area contributed by atoms with Crippen LogP contribution in [0.15, 0.2) is 30.3 Å². The van der Waals surface area contributed by atoms with Gasteiger partial charge in [-0.2, -0.15) is 5.26 Å². The second-order valence-electron chi connectivity index (χ2n) is 3.25. The van der Waals surface area contributed by atoms with Crippen molar-refractivity contribution in [3.8, 4) is 6.07 Å². The van der Waals surface area contributed by atoms with E-state index in [-0.39, 0.29) is 0 Å². The summed E-state index contributed by atoms with van der Waals surface area (Å²) in [6.45, 7) is 1.94. The highest BCUT2D eigenvalue weighted by Crippen LogP contribution is 1.98. The van der Waals surface area contributed by atoms with Crippen LogP contribution in [0.3, 0.4) is 0 Å². The Labute approximate surface area is 85.6 Å². The molecule has 0 aromatic heterocycles. The highest BCUT2D eigenvalue weighted by Gasteiger charge is 1.90. The van der Waals surface area contributed by atoms with Crippen molar-refractivity contribution in [1.29, 1.82) is 5.26 Å². The summed E-state index contributed by atoms with van der Waals surface area (Å²) in [5, 5.41) is 11.6. The molecule has 0 heterocycles. The van der Waals surface area contributed by atoms with E-state index in [2.05, 4.69) is 35.7 Å². The summed E-state index contributed by atoms with van der Waals surface area (Å²) in [6, 6.07) is 12.6. The lowest BCUT2D eigenvalue weighted by molar-refractivity contribution is 0.655. The molecule has 0 aliphatic carbocycles. The monoisotopic (exact) mass is 188 g/mol. The maximum atomic E-state index is 8.32. The fourth-order valence-electron chi connectivity index (χ4n) is 1.29. The Bertz CT molecular complexity index is 274. The Morgan fingerprint density at radius 3 is 2.64 bits per heavy atom. The maximum Gasteiger partial charge on any atom is 0.0622 e. The zero-order chi connectivity index (χ0) is 10.1. The van der Waals surface area contributed by atoms with Crippen LogP contribution in [0.2, 0.25) is 0 Å². The molecule has 0 aliphatic heterocycles. The van der Waals surface area contributed by atoms with E-state index in [9.17, 15) is 0 Å². The molecule has 0 aliphatic rings. The van der Waals surface area contributed by atoms with Gasteiger partial charge in [-0.25, -0.2) is 0 Å². The molecule has 0 saturated heterocycles. The third kappa shape index (κ3) is 4.64. The van der Waals surface area contributed by atoms with Gasteiger partial charge in [-0.05, 0) is 31.5 Å². The lowest BCUT2D eigenvalue weighted by atomic mass is 10.1. The van der Waals surface area contributed by atoms with E-state index in [1.54, 1.807) is 0 Å². The quantitative estimate of drug-likeness (QED) is 0.694. The molecule has 1 rings (SSSR count).